The highest BCUT2D eigenvalue weighted by molar-refractivity contribution is 5.90. The van der Waals surface area contributed by atoms with Crippen molar-refractivity contribution < 1.29 is 14.3 Å². The third-order valence-electron chi connectivity index (χ3n) is 4.30. The van der Waals surface area contributed by atoms with Gasteiger partial charge in [-0.3, -0.25) is 9.79 Å². The fourth-order valence-corrected chi connectivity index (χ4v) is 3.05. The molecule has 0 aromatic carbocycles. The van der Waals surface area contributed by atoms with E-state index >= 15 is 0 Å². The van der Waals surface area contributed by atoms with Gasteiger partial charge in [0.15, 0.2) is 5.96 Å². The lowest BCUT2D eigenvalue weighted by Gasteiger charge is -2.23. The number of ether oxygens (including phenoxy) is 1. The molecule has 1 aromatic rings. The summed E-state index contributed by atoms with van der Waals surface area (Å²) in [6.07, 6.45) is 0.666. The van der Waals surface area contributed by atoms with E-state index in [0.29, 0.717) is 18.9 Å². The number of anilines is 1. The van der Waals surface area contributed by atoms with Crippen molar-refractivity contribution >= 4 is 23.8 Å². The third-order valence-corrected chi connectivity index (χ3v) is 4.30. The standard InChI is InChI=1S/C21H34N6O3/c1-6-22-19(23-12-10-18(28)26-17-9-7-8-15(2)24-17)27-13-11-16(14-27)25-20(29)30-21(3,4)5/h7-9,16H,6,10-14H2,1-5H3,(H,22,23)(H,25,29)(H,24,26,28). The molecule has 2 amide bonds. The number of carbonyl (C=O) groups is 2. The number of aliphatic imine (C=N–C) groups is 1. The Kier molecular flexibility index (Phi) is 8.44. The lowest BCUT2D eigenvalue weighted by Crippen LogP contribution is -2.44. The molecule has 0 spiro atoms. The number of aromatic nitrogens is 1. The zero-order chi connectivity index (χ0) is 22.1. The van der Waals surface area contributed by atoms with Gasteiger partial charge in [0.25, 0.3) is 0 Å². The molecule has 0 saturated carbocycles. The van der Waals surface area contributed by atoms with Crippen molar-refractivity contribution in [3.05, 3.63) is 23.9 Å². The smallest absolute Gasteiger partial charge is 0.407 e. The van der Waals surface area contributed by atoms with Gasteiger partial charge in [-0.25, -0.2) is 9.78 Å². The number of aryl methyl sites for hydroxylation is 1. The zero-order valence-corrected chi connectivity index (χ0v) is 18.6. The molecule has 166 valence electrons. The second-order valence-corrected chi connectivity index (χ2v) is 8.28. The SMILES string of the molecule is CCNC(=NCCC(=O)Nc1cccc(C)n1)N1CCC(NC(=O)OC(C)(C)C)C1. The Balaban J connectivity index is 1.83. The zero-order valence-electron chi connectivity index (χ0n) is 18.6. The summed E-state index contributed by atoms with van der Waals surface area (Å²) in [4.78, 5) is 35.1. The van der Waals surface area contributed by atoms with Gasteiger partial charge < -0.3 is 25.6 Å². The number of hydrogen-bond donors (Lipinski definition) is 3. The predicted octanol–water partition coefficient (Wildman–Crippen LogP) is 2.28. The predicted molar refractivity (Wildman–Crippen MR) is 118 cm³/mol. The fourth-order valence-electron chi connectivity index (χ4n) is 3.05. The van der Waals surface area contributed by atoms with Crippen molar-refractivity contribution in [1.29, 1.82) is 0 Å². The summed E-state index contributed by atoms with van der Waals surface area (Å²) < 4.78 is 5.33. The molecule has 9 nitrogen and oxygen atoms in total. The van der Waals surface area contributed by atoms with Crippen LogP contribution in [0.25, 0.3) is 0 Å². The highest BCUT2D eigenvalue weighted by Gasteiger charge is 2.27. The van der Waals surface area contributed by atoms with Crippen LogP contribution >= 0.6 is 0 Å². The van der Waals surface area contributed by atoms with Gasteiger partial charge in [0.05, 0.1) is 12.6 Å². The number of carbonyl (C=O) groups excluding carboxylic acids is 2. The van der Waals surface area contributed by atoms with Gasteiger partial charge in [0.1, 0.15) is 11.4 Å². The number of hydrogen-bond acceptors (Lipinski definition) is 5. The van der Waals surface area contributed by atoms with Crippen molar-refractivity contribution in [3.8, 4) is 0 Å². The second-order valence-electron chi connectivity index (χ2n) is 8.28. The highest BCUT2D eigenvalue weighted by Crippen LogP contribution is 2.12. The Hall–Kier alpha value is -2.84. The minimum absolute atomic E-state index is 0.000556. The molecule has 30 heavy (non-hydrogen) atoms. The average molecular weight is 419 g/mol. The van der Waals surface area contributed by atoms with Crippen LogP contribution in [0.15, 0.2) is 23.2 Å². The number of nitrogens with zero attached hydrogens (tertiary/aromatic N) is 3. The maximum absolute atomic E-state index is 12.2. The normalized spacial score (nSPS) is 16.9. The van der Waals surface area contributed by atoms with Crippen LogP contribution in [0, 0.1) is 6.92 Å². The number of rotatable bonds is 6. The Labute approximate surface area is 178 Å². The lowest BCUT2D eigenvalue weighted by molar-refractivity contribution is -0.116. The molecule has 2 heterocycles. The van der Waals surface area contributed by atoms with Crippen molar-refractivity contribution in [2.75, 3.05) is 31.5 Å². The lowest BCUT2D eigenvalue weighted by atomic mass is 10.2. The topological polar surface area (TPSA) is 108 Å². The molecular formula is C21H34N6O3. The molecule has 2 rings (SSSR count). The molecule has 0 radical (unpaired) electrons. The van der Waals surface area contributed by atoms with E-state index in [0.717, 1.165) is 31.2 Å². The van der Waals surface area contributed by atoms with Crippen LogP contribution in [-0.2, 0) is 9.53 Å². The summed E-state index contributed by atoms with van der Waals surface area (Å²) >= 11 is 0. The van der Waals surface area contributed by atoms with E-state index < -0.39 is 11.7 Å². The molecule has 0 bridgehead atoms. The van der Waals surface area contributed by atoms with Gasteiger partial charge in [0.2, 0.25) is 5.91 Å². The number of alkyl carbamates (subject to hydrolysis) is 1. The van der Waals surface area contributed by atoms with E-state index in [4.69, 9.17) is 4.74 Å². The number of likely N-dealkylation sites (tertiary alicyclic amines) is 1. The Morgan fingerprint density at radius 1 is 1.33 bits per heavy atom. The molecule has 1 aromatic heterocycles. The van der Waals surface area contributed by atoms with E-state index in [2.05, 4.69) is 30.8 Å². The van der Waals surface area contributed by atoms with E-state index in [-0.39, 0.29) is 18.4 Å². The van der Waals surface area contributed by atoms with Gasteiger partial charge in [-0.1, -0.05) is 6.07 Å². The summed E-state index contributed by atoms with van der Waals surface area (Å²) in [5.41, 5.74) is 0.330. The van der Waals surface area contributed by atoms with Crippen LogP contribution < -0.4 is 16.0 Å². The Bertz CT molecular complexity index is 759. The number of nitrogens with one attached hydrogen (secondary N) is 3. The van der Waals surface area contributed by atoms with Crippen LogP contribution in [0.1, 0.15) is 46.2 Å². The summed E-state index contributed by atoms with van der Waals surface area (Å²) in [6, 6.07) is 5.50. The maximum Gasteiger partial charge on any atom is 0.407 e. The van der Waals surface area contributed by atoms with Gasteiger partial charge in [-0.05, 0) is 53.2 Å². The molecule has 1 fully saturated rings. The Morgan fingerprint density at radius 3 is 2.77 bits per heavy atom. The van der Waals surface area contributed by atoms with Gasteiger partial charge >= 0.3 is 6.09 Å². The van der Waals surface area contributed by atoms with Gasteiger partial charge in [0, 0.05) is 31.7 Å². The molecular weight excluding hydrogens is 384 g/mol. The second kappa shape index (κ2) is 10.8. The fraction of sp³-hybridized carbons (Fsp3) is 0.619. The number of pyridine rings is 1. The summed E-state index contributed by atoms with van der Waals surface area (Å²) in [5, 5.41) is 8.96. The maximum atomic E-state index is 12.2. The minimum Gasteiger partial charge on any atom is -0.444 e. The molecule has 1 atom stereocenters. The monoisotopic (exact) mass is 418 g/mol. The van der Waals surface area contributed by atoms with E-state index in [1.54, 1.807) is 6.07 Å². The first kappa shape index (κ1) is 23.4. The van der Waals surface area contributed by atoms with E-state index in [9.17, 15) is 9.59 Å². The Morgan fingerprint density at radius 2 is 2.10 bits per heavy atom. The number of guanidine groups is 1. The molecule has 1 aliphatic rings. The van der Waals surface area contributed by atoms with Crippen molar-refractivity contribution in [2.24, 2.45) is 4.99 Å². The molecule has 1 aliphatic heterocycles. The molecule has 9 heteroatoms. The van der Waals surface area contributed by atoms with Gasteiger partial charge in [-0.15, -0.1) is 0 Å². The quantitative estimate of drug-likeness (QED) is 0.483. The van der Waals surface area contributed by atoms with Crippen molar-refractivity contribution in [3.63, 3.8) is 0 Å². The summed E-state index contributed by atoms with van der Waals surface area (Å²) in [7, 11) is 0. The van der Waals surface area contributed by atoms with Crippen LogP contribution in [0.5, 0.6) is 0 Å². The first-order chi connectivity index (χ1) is 14.2. The molecule has 1 unspecified atom stereocenters. The van der Waals surface area contributed by atoms with Crippen molar-refractivity contribution in [1.82, 2.24) is 20.5 Å². The van der Waals surface area contributed by atoms with Crippen LogP contribution in [0.2, 0.25) is 0 Å². The summed E-state index contributed by atoms with van der Waals surface area (Å²) in [6.45, 7) is 11.9. The van der Waals surface area contributed by atoms with Crippen LogP contribution in [0.3, 0.4) is 0 Å². The average Bonchev–Trinajstić information content (AvgIpc) is 3.07. The third kappa shape index (κ3) is 8.26. The molecule has 3 N–H and O–H groups in total. The first-order valence-corrected chi connectivity index (χ1v) is 10.4. The van der Waals surface area contributed by atoms with E-state index in [1.807, 2.05) is 46.8 Å². The first-order valence-electron chi connectivity index (χ1n) is 10.4. The molecule has 0 aliphatic carbocycles. The largest absolute Gasteiger partial charge is 0.444 e. The molecule has 1 saturated heterocycles. The van der Waals surface area contributed by atoms with E-state index in [1.165, 1.54) is 0 Å². The summed E-state index contributed by atoms with van der Waals surface area (Å²) in [5.74, 6) is 1.16. The highest BCUT2D eigenvalue weighted by atomic mass is 16.6. The van der Waals surface area contributed by atoms with Crippen LogP contribution in [0.4, 0.5) is 10.6 Å². The number of amides is 2. The van der Waals surface area contributed by atoms with Crippen molar-refractivity contribution in [2.45, 2.75) is 59.1 Å². The van der Waals surface area contributed by atoms with Crippen LogP contribution in [-0.4, -0.2) is 65.7 Å². The minimum atomic E-state index is -0.521. The van der Waals surface area contributed by atoms with Gasteiger partial charge in [-0.2, -0.15) is 0 Å².